The second-order valence-electron chi connectivity index (χ2n) is 8.54. The van der Waals surface area contributed by atoms with Gasteiger partial charge in [0.2, 0.25) is 0 Å². The van der Waals surface area contributed by atoms with Crippen molar-refractivity contribution in [2.24, 2.45) is 28.6 Å². The van der Waals surface area contributed by atoms with Crippen LogP contribution in [0.2, 0.25) is 0 Å². The highest BCUT2D eigenvalue weighted by molar-refractivity contribution is 5.19. The van der Waals surface area contributed by atoms with Gasteiger partial charge in [-0.25, -0.2) is 0 Å². The predicted molar refractivity (Wildman–Crippen MR) is 85.9 cm³/mol. The quantitative estimate of drug-likeness (QED) is 0.757. The average Bonchev–Trinajstić information content (AvgIpc) is 2.77. The molecule has 3 rings (SSSR count). The summed E-state index contributed by atoms with van der Waals surface area (Å²) in [7, 11) is 0. The van der Waals surface area contributed by atoms with E-state index in [4.69, 9.17) is 0 Å². The first-order valence-corrected chi connectivity index (χ1v) is 8.87. The van der Waals surface area contributed by atoms with Crippen molar-refractivity contribution >= 4 is 0 Å². The molecule has 3 saturated carbocycles. The van der Waals surface area contributed by atoms with Crippen molar-refractivity contribution in [1.82, 2.24) is 0 Å². The number of hydrogen-bond donors (Lipinski definition) is 2. The fourth-order valence-electron chi connectivity index (χ4n) is 5.75. The molecule has 0 saturated heterocycles. The first-order chi connectivity index (χ1) is 9.90. The van der Waals surface area contributed by atoms with Gasteiger partial charge in [-0.05, 0) is 80.0 Å². The molecule has 0 aliphatic heterocycles. The Balaban J connectivity index is 1.77. The Morgan fingerprint density at radius 1 is 1.10 bits per heavy atom. The maximum absolute atomic E-state index is 9.94. The number of aliphatic hydroxyl groups excluding tert-OH is 2. The summed E-state index contributed by atoms with van der Waals surface area (Å²) in [5.74, 6) is 1.79. The number of rotatable bonds is 2. The molecule has 2 heteroatoms. The maximum Gasteiger partial charge on any atom is 0.0544 e. The van der Waals surface area contributed by atoms with E-state index in [1.165, 1.54) is 37.7 Å². The van der Waals surface area contributed by atoms with Gasteiger partial charge in [0.05, 0.1) is 6.10 Å². The summed E-state index contributed by atoms with van der Waals surface area (Å²) >= 11 is 0. The van der Waals surface area contributed by atoms with E-state index >= 15 is 0 Å². The first-order valence-electron chi connectivity index (χ1n) is 8.87. The molecule has 21 heavy (non-hydrogen) atoms. The van der Waals surface area contributed by atoms with Crippen LogP contribution in [0.1, 0.15) is 65.2 Å². The minimum Gasteiger partial charge on any atom is -0.396 e. The number of aliphatic hydroxyl groups is 2. The minimum atomic E-state index is -0.199. The molecule has 0 amide bonds. The van der Waals surface area contributed by atoms with Crippen molar-refractivity contribution in [2.45, 2.75) is 71.3 Å². The Kier molecular flexibility index (Phi) is 3.99. The SMILES string of the molecule is C=C1CCC2CC(C3(C)CCC(O)CC3CO)CCC12C. The van der Waals surface area contributed by atoms with Crippen LogP contribution in [0.4, 0.5) is 0 Å². The van der Waals surface area contributed by atoms with Gasteiger partial charge in [-0.3, -0.25) is 0 Å². The van der Waals surface area contributed by atoms with Crippen molar-refractivity contribution in [1.29, 1.82) is 0 Å². The first kappa shape index (κ1) is 15.6. The molecule has 6 atom stereocenters. The molecule has 3 fully saturated rings. The predicted octanol–water partition coefficient (Wildman–Crippen LogP) is 3.92. The van der Waals surface area contributed by atoms with Crippen LogP contribution in [0, 0.1) is 28.6 Å². The Morgan fingerprint density at radius 2 is 1.86 bits per heavy atom. The molecule has 3 aliphatic rings. The van der Waals surface area contributed by atoms with Gasteiger partial charge in [-0.15, -0.1) is 0 Å². The third-order valence-corrected chi connectivity index (χ3v) is 7.74. The van der Waals surface area contributed by atoms with Crippen molar-refractivity contribution in [3.63, 3.8) is 0 Å². The molecule has 2 N–H and O–H groups in total. The van der Waals surface area contributed by atoms with Gasteiger partial charge in [0.15, 0.2) is 0 Å². The number of fused-ring (bicyclic) bond motifs is 1. The Labute approximate surface area is 129 Å². The molecular weight excluding hydrogens is 260 g/mol. The highest BCUT2D eigenvalue weighted by atomic mass is 16.3. The van der Waals surface area contributed by atoms with E-state index in [2.05, 4.69) is 20.4 Å². The molecule has 0 radical (unpaired) electrons. The Morgan fingerprint density at radius 3 is 2.57 bits per heavy atom. The van der Waals surface area contributed by atoms with Crippen LogP contribution in [-0.4, -0.2) is 22.9 Å². The molecule has 2 nitrogen and oxygen atoms in total. The molecule has 0 bridgehead atoms. The topological polar surface area (TPSA) is 40.5 Å². The summed E-state index contributed by atoms with van der Waals surface area (Å²) < 4.78 is 0. The lowest BCUT2D eigenvalue weighted by molar-refractivity contribution is -0.0661. The monoisotopic (exact) mass is 292 g/mol. The second kappa shape index (κ2) is 5.38. The zero-order chi connectivity index (χ0) is 15.3. The van der Waals surface area contributed by atoms with Gasteiger partial charge in [-0.1, -0.05) is 26.0 Å². The Bertz CT molecular complexity index is 418. The van der Waals surface area contributed by atoms with Crippen LogP contribution < -0.4 is 0 Å². The number of hydrogen-bond acceptors (Lipinski definition) is 2. The van der Waals surface area contributed by atoms with Crippen LogP contribution in [0.15, 0.2) is 12.2 Å². The summed E-state index contributed by atoms with van der Waals surface area (Å²) in [6.45, 7) is 9.38. The van der Waals surface area contributed by atoms with Gasteiger partial charge in [0.25, 0.3) is 0 Å². The van der Waals surface area contributed by atoms with Gasteiger partial charge in [0.1, 0.15) is 0 Å². The van der Waals surface area contributed by atoms with Gasteiger partial charge < -0.3 is 10.2 Å². The smallest absolute Gasteiger partial charge is 0.0544 e. The van der Waals surface area contributed by atoms with Gasteiger partial charge in [-0.2, -0.15) is 0 Å². The van der Waals surface area contributed by atoms with Crippen molar-refractivity contribution in [3.8, 4) is 0 Å². The van der Waals surface area contributed by atoms with Crippen LogP contribution in [0.25, 0.3) is 0 Å². The number of allylic oxidation sites excluding steroid dienone is 1. The zero-order valence-corrected chi connectivity index (χ0v) is 13.8. The summed E-state index contributed by atoms with van der Waals surface area (Å²) in [5, 5.41) is 19.8. The van der Waals surface area contributed by atoms with E-state index in [1.807, 2.05) is 0 Å². The van der Waals surface area contributed by atoms with E-state index in [1.54, 1.807) is 0 Å². The van der Waals surface area contributed by atoms with Crippen LogP contribution in [-0.2, 0) is 0 Å². The third kappa shape index (κ3) is 2.39. The molecule has 120 valence electrons. The molecule has 0 aromatic heterocycles. The van der Waals surface area contributed by atoms with Crippen molar-refractivity contribution < 1.29 is 10.2 Å². The summed E-state index contributed by atoms with van der Waals surface area (Å²) in [4.78, 5) is 0. The third-order valence-electron chi connectivity index (χ3n) is 7.74. The lowest BCUT2D eigenvalue weighted by Crippen LogP contribution is -2.46. The fourth-order valence-corrected chi connectivity index (χ4v) is 5.75. The van der Waals surface area contributed by atoms with Crippen LogP contribution in [0.3, 0.4) is 0 Å². The summed E-state index contributed by atoms with van der Waals surface area (Å²) in [5.41, 5.74) is 2.09. The van der Waals surface area contributed by atoms with Crippen molar-refractivity contribution in [2.75, 3.05) is 6.61 Å². The minimum absolute atomic E-state index is 0.199. The lowest BCUT2D eigenvalue weighted by Gasteiger charge is -2.52. The average molecular weight is 292 g/mol. The molecular formula is C19H32O2. The lowest BCUT2D eigenvalue weighted by atomic mass is 9.53. The highest BCUT2D eigenvalue weighted by Crippen LogP contribution is 2.61. The van der Waals surface area contributed by atoms with Crippen LogP contribution in [0.5, 0.6) is 0 Å². The van der Waals surface area contributed by atoms with Gasteiger partial charge >= 0.3 is 0 Å². The molecule has 0 heterocycles. The molecule has 0 spiro atoms. The zero-order valence-electron chi connectivity index (χ0n) is 13.8. The largest absolute Gasteiger partial charge is 0.396 e. The summed E-state index contributed by atoms with van der Waals surface area (Å²) in [6, 6.07) is 0. The van der Waals surface area contributed by atoms with E-state index in [-0.39, 0.29) is 24.0 Å². The Hall–Kier alpha value is -0.340. The highest BCUT2D eigenvalue weighted by Gasteiger charge is 2.51. The van der Waals surface area contributed by atoms with Gasteiger partial charge in [0, 0.05) is 6.61 Å². The van der Waals surface area contributed by atoms with E-state index < -0.39 is 0 Å². The normalized spacial score (nSPS) is 51.0. The van der Waals surface area contributed by atoms with E-state index in [0.717, 1.165) is 25.2 Å². The molecule has 0 aromatic rings. The van der Waals surface area contributed by atoms with Crippen molar-refractivity contribution in [3.05, 3.63) is 12.2 Å². The van der Waals surface area contributed by atoms with E-state index in [9.17, 15) is 10.2 Å². The standard InChI is InChI=1S/C19H32O2/c1-13-4-5-14-10-15(6-8-18(13,14)2)19(3)9-7-17(21)11-16(19)12-20/h14-17,20-21H,1,4-12H2,2-3H3. The van der Waals surface area contributed by atoms with Crippen LogP contribution >= 0.6 is 0 Å². The van der Waals surface area contributed by atoms with E-state index in [0.29, 0.717) is 11.3 Å². The second-order valence-corrected chi connectivity index (χ2v) is 8.54. The fraction of sp³-hybridized carbons (Fsp3) is 0.895. The summed E-state index contributed by atoms with van der Waals surface area (Å²) in [6.07, 6.45) is 8.96. The maximum atomic E-state index is 9.94. The molecule has 3 aliphatic carbocycles. The molecule has 6 unspecified atom stereocenters. The molecule has 0 aromatic carbocycles.